The van der Waals surface area contributed by atoms with Gasteiger partial charge in [0.2, 0.25) is 5.91 Å². The monoisotopic (exact) mass is 334 g/mol. The molecule has 0 bridgehead atoms. The van der Waals surface area contributed by atoms with Crippen LogP contribution in [-0.4, -0.2) is 41.5 Å². The molecular formula is C18H30N4O2. The van der Waals surface area contributed by atoms with E-state index in [1.807, 2.05) is 13.8 Å². The standard InChI is InChI=1S/C18H30N4O2/c1-13(2)11-16(17(23)22-10-6-9-15(22)12-19)21-18(24)20-14-7-4-3-5-8-14/h13-16H,3-11H2,1-2H3,(H2,20,21,24)/t15-,16-/m0/s1. The lowest BCUT2D eigenvalue weighted by Crippen LogP contribution is -2.54. The summed E-state index contributed by atoms with van der Waals surface area (Å²) in [5.41, 5.74) is 0. The number of nitrogens with zero attached hydrogens (tertiary/aromatic N) is 2. The molecule has 6 nitrogen and oxygen atoms in total. The highest BCUT2D eigenvalue weighted by molar-refractivity contribution is 5.87. The van der Waals surface area contributed by atoms with Crippen LogP contribution in [0, 0.1) is 17.2 Å². The van der Waals surface area contributed by atoms with Gasteiger partial charge in [-0.3, -0.25) is 4.79 Å². The average molecular weight is 334 g/mol. The Kier molecular flexibility index (Phi) is 6.89. The van der Waals surface area contributed by atoms with Crippen LogP contribution in [0.1, 0.15) is 65.2 Å². The fraction of sp³-hybridized carbons (Fsp3) is 0.833. The van der Waals surface area contributed by atoms with Crippen LogP contribution in [0.4, 0.5) is 4.79 Å². The van der Waals surface area contributed by atoms with Crippen molar-refractivity contribution in [1.29, 1.82) is 5.26 Å². The molecule has 6 heteroatoms. The van der Waals surface area contributed by atoms with Gasteiger partial charge in [0.25, 0.3) is 0 Å². The number of likely N-dealkylation sites (tertiary alicyclic amines) is 1. The number of hydrogen-bond acceptors (Lipinski definition) is 3. The lowest BCUT2D eigenvalue weighted by atomic mass is 9.96. The second-order valence-electron chi connectivity index (χ2n) is 7.45. The third-order valence-electron chi connectivity index (χ3n) is 4.94. The zero-order valence-corrected chi connectivity index (χ0v) is 14.9. The van der Waals surface area contributed by atoms with E-state index in [4.69, 9.17) is 0 Å². The Hall–Kier alpha value is -1.77. The van der Waals surface area contributed by atoms with Crippen molar-refractivity contribution >= 4 is 11.9 Å². The molecule has 1 heterocycles. The van der Waals surface area contributed by atoms with Crippen LogP contribution >= 0.6 is 0 Å². The van der Waals surface area contributed by atoms with Gasteiger partial charge >= 0.3 is 6.03 Å². The molecule has 0 spiro atoms. The summed E-state index contributed by atoms with van der Waals surface area (Å²) in [5.74, 6) is 0.170. The predicted octanol–water partition coefficient (Wildman–Crippen LogP) is 2.55. The summed E-state index contributed by atoms with van der Waals surface area (Å²) >= 11 is 0. The molecule has 0 aromatic heterocycles. The number of carbonyl (C=O) groups excluding carboxylic acids is 2. The molecule has 2 fully saturated rings. The maximum Gasteiger partial charge on any atom is 0.315 e. The summed E-state index contributed by atoms with van der Waals surface area (Å²) in [6.07, 6.45) is 7.73. The maximum absolute atomic E-state index is 12.8. The fourth-order valence-electron chi connectivity index (χ4n) is 3.69. The minimum Gasteiger partial charge on any atom is -0.335 e. The number of nitrogens with one attached hydrogen (secondary N) is 2. The van der Waals surface area contributed by atoms with E-state index in [0.717, 1.165) is 38.5 Å². The van der Waals surface area contributed by atoms with Crippen molar-refractivity contribution in [2.45, 2.75) is 83.3 Å². The van der Waals surface area contributed by atoms with E-state index in [9.17, 15) is 14.9 Å². The maximum atomic E-state index is 12.8. The van der Waals surface area contributed by atoms with Crippen molar-refractivity contribution in [2.75, 3.05) is 6.54 Å². The molecule has 1 saturated heterocycles. The zero-order valence-electron chi connectivity index (χ0n) is 14.9. The summed E-state index contributed by atoms with van der Waals surface area (Å²) in [6.45, 7) is 4.68. The fourth-order valence-corrected chi connectivity index (χ4v) is 3.69. The highest BCUT2D eigenvalue weighted by atomic mass is 16.2. The Labute approximate surface area is 145 Å². The second-order valence-corrected chi connectivity index (χ2v) is 7.45. The molecule has 0 radical (unpaired) electrons. The van der Waals surface area contributed by atoms with Crippen LogP contribution in [0.3, 0.4) is 0 Å². The van der Waals surface area contributed by atoms with Crippen molar-refractivity contribution < 1.29 is 9.59 Å². The second kappa shape index (κ2) is 8.91. The smallest absolute Gasteiger partial charge is 0.315 e. The van der Waals surface area contributed by atoms with E-state index >= 15 is 0 Å². The van der Waals surface area contributed by atoms with Crippen molar-refractivity contribution in [2.24, 2.45) is 5.92 Å². The van der Waals surface area contributed by atoms with Gasteiger partial charge in [-0.1, -0.05) is 33.1 Å². The highest BCUT2D eigenvalue weighted by Gasteiger charge is 2.34. The van der Waals surface area contributed by atoms with Crippen molar-refractivity contribution in [3.05, 3.63) is 0 Å². The van der Waals surface area contributed by atoms with E-state index in [0.29, 0.717) is 13.0 Å². The van der Waals surface area contributed by atoms with Gasteiger partial charge in [0.05, 0.1) is 6.07 Å². The first-order valence-electron chi connectivity index (χ1n) is 9.28. The van der Waals surface area contributed by atoms with E-state index in [2.05, 4.69) is 16.7 Å². The molecule has 2 aliphatic rings. The molecule has 2 N–H and O–H groups in total. The van der Waals surface area contributed by atoms with Gasteiger partial charge < -0.3 is 15.5 Å². The minimum absolute atomic E-state index is 0.119. The van der Waals surface area contributed by atoms with Crippen molar-refractivity contribution in [3.63, 3.8) is 0 Å². The van der Waals surface area contributed by atoms with Crippen molar-refractivity contribution in [3.8, 4) is 6.07 Å². The van der Waals surface area contributed by atoms with E-state index < -0.39 is 6.04 Å². The molecule has 1 aliphatic carbocycles. The molecule has 24 heavy (non-hydrogen) atoms. The molecule has 2 rings (SSSR count). The number of urea groups is 1. The van der Waals surface area contributed by atoms with Crippen LogP contribution in [-0.2, 0) is 4.79 Å². The number of rotatable bonds is 5. The molecule has 134 valence electrons. The zero-order chi connectivity index (χ0) is 17.5. The molecule has 1 saturated carbocycles. The number of hydrogen-bond donors (Lipinski definition) is 2. The van der Waals surface area contributed by atoms with Gasteiger partial charge in [-0.15, -0.1) is 0 Å². The van der Waals surface area contributed by atoms with Gasteiger partial charge in [0.15, 0.2) is 0 Å². The van der Waals surface area contributed by atoms with E-state index in [-0.39, 0.29) is 29.9 Å². The predicted molar refractivity (Wildman–Crippen MR) is 92.1 cm³/mol. The third kappa shape index (κ3) is 5.12. The average Bonchev–Trinajstić information content (AvgIpc) is 3.02. The molecule has 0 aromatic rings. The van der Waals surface area contributed by atoms with Gasteiger partial charge in [0, 0.05) is 12.6 Å². The summed E-state index contributed by atoms with van der Waals surface area (Å²) in [4.78, 5) is 26.8. The first-order valence-corrected chi connectivity index (χ1v) is 9.28. The minimum atomic E-state index is -0.553. The topological polar surface area (TPSA) is 85.2 Å². The Morgan fingerprint density at radius 3 is 2.50 bits per heavy atom. The first kappa shape index (κ1) is 18.6. The molecule has 0 unspecified atom stereocenters. The van der Waals surface area contributed by atoms with Gasteiger partial charge in [-0.2, -0.15) is 5.26 Å². The van der Waals surface area contributed by atoms with Crippen LogP contribution in [0.5, 0.6) is 0 Å². The van der Waals surface area contributed by atoms with E-state index in [1.165, 1.54) is 6.42 Å². The summed E-state index contributed by atoms with van der Waals surface area (Å²) < 4.78 is 0. The van der Waals surface area contributed by atoms with Gasteiger partial charge in [-0.25, -0.2) is 4.79 Å². The Morgan fingerprint density at radius 1 is 1.17 bits per heavy atom. The number of amides is 3. The summed E-state index contributed by atoms with van der Waals surface area (Å²) in [7, 11) is 0. The summed E-state index contributed by atoms with van der Waals surface area (Å²) in [6, 6.07) is 1.25. The SMILES string of the molecule is CC(C)C[C@H](NC(=O)NC1CCCCC1)C(=O)N1CCC[C@H]1C#N. The Balaban J connectivity index is 1.95. The van der Waals surface area contributed by atoms with E-state index in [1.54, 1.807) is 4.90 Å². The molecule has 2 atom stereocenters. The first-order chi connectivity index (χ1) is 11.5. The quantitative estimate of drug-likeness (QED) is 0.810. The number of nitriles is 1. The molecule has 3 amide bonds. The van der Waals surface area contributed by atoms with Gasteiger partial charge in [-0.05, 0) is 38.0 Å². The normalized spacial score (nSPS) is 22.9. The van der Waals surface area contributed by atoms with Crippen LogP contribution in [0.15, 0.2) is 0 Å². The molecule has 1 aliphatic heterocycles. The largest absolute Gasteiger partial charge is 0.335 e. The highest BCUT2D eigenvalue weighted by Crippen LogP contribution is 2.20. The lowest BCUT2D eigenvalue weighted by Gasteiger charge is -2.29. The summed E-state index contributed by atoms with van der Waals surface area (Å²) in [5, 5.41) is 15.1. The Bertz CT molecular complexity index is 480. The van der Waals surface area contributed by atoms with Crippen LogP contribution in [0.25, 0.3) is 0 Å². The van der Waals surface area contributed by atoms with Crippen LogP contribution < -0.4 is 10.6 Å². The Morgan fingerprint density at radius 2 is 1.88 bits per heavy atom. The lowest BCUT2D eigenvalue weighted by molar-refractivity contribution is -0.133. The third-order valence-corrected chi connectivity index (χ3v) is 4.94. The van der Waals surface area contributed by atoms with Crippen LogP contribution in [0.2, 0.25) is 0 Å². The molecular weight excluding hydrogens is 304 g/mol. The van der Waals surface area contributed by atoms with Crippen molar-refractivity contribution in [1.82, 2.24) is 15.5 Å². The molecule has 0 aromatic carbocycles. The van der Waals surface area contributed by atoms with Gasteiger partial charge in [0.1, 0.15) is 12.1 Å². The number of carbonyl (C=O) groups is 2.